The maximum Gasteiger partial charge on any atom is 0.197 e. The number of hydrogen-bond donors (Lipinski definition) is 4. The fraction of sp³-hybridized carbons (Fsp3) is 0.364. The Labute approximate surface area is 184 Å². The van der Waals surface area contributed by atoms with Crippen LogP contribution < -0.4 is 10.6 Å². The van der Waals surface area contributed by atoms with E-state index in [1.807, 2.05) is 12.4 Å². The largest absolute Gasteiger partial charge is 0.341 e. The van der Waals surface area contributed by atoms with Gasteiger partial charge in [-0.2, -0.15) is 0 Å². The van der Waals surface area contributed by atoms with E-state index in [2.05, 4.69) is 50.5 Å². The molecule has 10 nitrogen and oxygen atoms in total. The van der Waals surface area contributed by atoms with Gasteiger partial charge in [-0.1, -0.05) is 0 Å². The zero-order valence-corrected chi connectivity index (χ0v) is 17.5. The number of imidazole rings is 2. The van der Waals surface area contributed by atoms with E-state index in [0.29, 0.717) is 23.7 Å². The molecule has 0 amide bonds. The number of aromatic nitrogens is 8. The second kappa shape index (κ2) is 8.21. The molecule has 2 saturated heterocycles. The second-order valence-electron chi connectivity index (χ2n) is 8.25. The van der Waals surface area contributed by atoms with Crippen molar-refractivity contribution in [1.82, 2.24) is 50.5 Å². The molecule has 4 aromatic heterocycles. The van der Waals surface area contributed by atoms with Crippen molar-refractivity contribution >= 4 is 0 Å². The van der Waals surface area contributed by atoms with Crippen molar-refractivity contribution in [3.05, 3.63) is 48.8 Å². The molecule has 32 heavy (non-hydrogen) atoms. The third kappa shape index (κ3) is 3.67. The van der Waals surface area contributed by atoms with Crippen molar-refractivity contribution in [2.75, 3.05) is 13.1 Å². The van der Waals surface area contributed by atoms with E-state index in [9.17, 15) is 0 Å². The van der Waals surface area contributed by atoms with E-state index in [-0.39, 0.29) is 0 Å². The Balaban J connectivity index is 1.17. The molecular weight excluding hydrogens is 404 g/mol. The molecule has 162 valence electrons. The number of H-pyrrole nitrogens is 2. The summed E-state index contributed by atoms with van der Waals surface area (Å²) in [7, 11) is 0. The standard InChI is InChI=1S/C22H24N10/c1-3-15(23-5-1)19-29-11-17(31-19)13-7-25-21(26-8-13)22-27-9-14(10-28-22)18-12-30-20(32-18)16-4-2-6-24-16/h7-12,15-16,23-24H,1-6H2,(H,29,31)(H,30,32)/t15-,16-/m0/s1. The Hall–Kier alpha value is -3.50. The van der Waals surface area contributed by atoms with Crippen LogP contribution in [0.3, 0.4) is 0 Å². The molecule has 6 heterocycles. The van der Waals surface area contributed by atoms with Crippen molar-refractivity contribution < 1.29 is 0 Å². The van der Waals surface area contributed by atoms with Gasteiger partial charge in [-0.25, -0.2) is 29.9 Å². The lowest BCUT2D eigenvalue weighted by Gasteiger charge is -2.06. The van der Waals surface area contributed by atoms with Gasteiger partial charge in [0.25, 0.3) is 0 Å². The normalized spacial score (nSPS) is 20.8. The molecule has 2 atom stereocenters. The molecule has 4 aromatic rings. The summed E-state index contributed by atoms with van der Waals surface area (Å²) in [5.41, 5.74) is 3.58. The zero-order valence-electron chi connectivity index (χ0n) is 17.5. The summed E-state index contributed by atoms with van der Waals surface area (Å²) in [5.74, 6) is 2.90. The van der Waals surface area contributed by atoms with Gasteiger partial charge in [0, 0.05) is 35.9 Å². The van der Waals surface area contributed by atoms with Crippen molar-refractivity contribution in [3.8, 4) is 34.2 Å². The average Bonchev–Trinajstić information content (AvgIpc) is 3.66. The first kappa shape index (κ1) is 19.2. The summed E-state index contributed by atoms with van der Waals surface area (Å²) in [6, 6.07) is 0.604. The van der Waals surface area contributed by atoms with Crippen LogP contribution in [0.25, 0.3) is 34.2 Å². The molecular formula is C22H24N10. The number of aromatic amines is 2. The number of nitrogens with one attached hydrogen (secondary N) is 4. The van der Waals surface area contributed by atoms with Crippen molar-refractivity contribution in [2.24, 2.45) is 0 Å². The van der Waals surface area contributed by atoms with Crippen LogP contribution >= 0.6 is 0 Å². The van der Waals surface area contributed by atoms with Crippen LogP contribution in [-0.4, -0.2) is 53.0 Å². The first-order valence-electron chi connectivity index (χ1n) is 11.1. The lowest BCUT2D eigenvalue weighted by atomic mass is 10.2. The monoisotopic (exact) mass is 428 g/mol. The molecule has 0 bridgehead atoms. The maximum absolute atomic E-state index is 4.51. The lowest BCUT2D eigenvalue weighted by Crippen LogP contribution is -2.14. The molecule has 2 fully saturated rings. The molecule has 0 aliphatic carbocycles. The second-order valence-corrected chi connectivity index (χ2v) is 8.25. The minimum absolute atomic E-state index is 0.302. The summed E-state index contributed by atoms with van der Waals surface area (Å²) < 4.78 is 0. The topological polar surface area (TPSA) is 133 Å². The molecule has 4 N–H and O–H groups in total. The molecule has 2 aliphatic heterocycles. The van der Waals surface area contributed by atoms with Gasteiger partial charge < -0.3 is 20.6 Å². The van der Waals surface area contributed by atoms with E-state index >= 15 is 0 Å². The average molecular weight is 429 g/mol. The highest BCUT2D eigenvalue weighted by Gasteiger charge is 2.20. The Bertz CT molecular complexity index is 1090. The predicted molar refractivity (Wildman–Crippen MR) is 118 cm³/mol. The molecule has 0 aromatic carbocycles. The van der Waals surface area contributed by atoms with E-state index in [0.717, 1.165) is 60.1 Å². The van der Waals surface area contributed by atoms with Crippen LogP contribution in [0.5, 0.6) is 0 Å². The smallest absolute Gasteiger partial charge is 0.197 e. The molecule has 0 radical (unpaired) electrons. The van der Waals surface area contributed by atoms with E-state index in [1.165, 1.54) is 12.8 Å². The Morgan fingerprint density at radius 3 is 1.38 bits per heavy atom. The third-order valence-electron chi connectivity index (χ3n) is 6.10. The van der Waals surface area contributed by atoms with Crippen LogP contribution in [0.2, 0.25) is 0 Å². The minimum atomic E-state index is 0.302. The van der Waals surface area contributed by atoms with E-state index < -0.39 is 0 Å². The lowest BCUT2D eigenvalue weighted by molar-refractivity contribution is 0.613. The fourth-order valence-electron chi connectivity index (χ4n) is 4.32. The molecule has 0 spiro atoms. The van der Waals surface area contributed by atoms with Gasteiger partial charge in [0.2, 0.25) is 0 Å². The van der Waals surface area contributed by atoms with Gasteiger partial charge in [-0.3, -0.25) is 0 Å². The first-order valence-corrected chi connectivity index (χ1v) is 11.1. The van der Waals surface area contributed by atoms with Crippen LogP contribution in [0.15, 0.2) is 37.2 Å². The van der Waals surface area contributed by atoms with Crippen LogP contribution in [0.4, 0.5) is 0 Å². The highest BCUT2D eigenvalue weighted by Crippen LogP contribution is 2.25. The summed E-state index contributed by atoms with van der Waals surface area (Å²) in [4.78, 5) is 33.6. The highest BCUT2D eigenvalue weighted by molar-refractivity contribution is 5.60. The summed E-state index contributed by atoms with van der Waals surface area (Å²) >= 11 is 0. The van der Waals surface area contributed by atoms with Crippen molar-refractivity contribution in [1.29, 1.82) is 0 Å². The Morgan fingerprint density at radius 1 is 0.562 bits per heavy atom. The van der Waals surface area contributed by atoms with Crippen molar-refractivity contribution in [2.45, 2.75) is 37.8 Å². The van der Waals surface area contributed by atoms with Gasteiger partial charge in [-0.05, 0) is 38.8 Å². The van der Waals surface area contributed by atoms with Crippen molar-refractivity contribution in [3.63, 3.8) is 0 Å². The highest BCUT2D eigenvalue weighted by atomic mass is 15.1. The molecule has 6 rings (SSSR count). The number of rotatable bonds is 5. The van der Waals surface area contributed by atoms with Crippen LogP contribution in [-0.2, 0) is 0 Å². The first-order chi connectivity index (χ1) is 15.8. The molecule has 0 saturated carbocycles. The maximum atomic E-state index is 4.51. The SMILES string of the molecule is c1nc(-c2ncc(-c3cnc([C@@H]4CCCN4)[nH]3)cn2)ncc1-c1cnc([C@@H]2CCCN2)[nH]1. The number of nitrogens with zero attached hydrogens (tertiary/aromatic N) is 6. The molecule has 0 unspecified atom stereocenters. The third-order valence-corrected chi connectivity index (χ3v) is 6.10. The quantitative estimate of drug-likeness (QED) is 0.381. The molecule has 2 aliphatic rings. The van der Waals surface area contributed by atoms with Crippen LogP contribution in [0.1, 0.15) is 49.4 Å². The Kier molecular flexibility index (Phi) is 4.93. The Morgan fingerprint density at radius 2 is 1.00 bits per heavy atom. The molecule has 10 heteroatoms. The number of hydrogen-bond acceptors (Lipinski definition) is 8. The summed E-state index contributed by atoms with van der Waals surface area (Å²) in [5, 5.41) is 6.90. The van der Waals surface area contributed by atoms with E-state index in [1.54, 1.807) is 24.8 Å². The van der Waals surface area contributed by atoms with Gasteiger partial charge in [0.1, 0.15) is 11.6 Å². The van der Waals surface area contributed by atoms with Gasteiger partial charge in [0.05, 0.1) is 35.9 Å². The van der Waals surface area contributed by atoms with E-state index in [4.69, 9.17) is 0 Å². The minimum Gasteiger partial charge on any atom is -0.341 e. The fourth-order valence-corrected chi connectivity index (χ4v) is 4.32. The predicted octanol–water partition coefficient (Wildman–Crippen LogP) is 2.56. The summed E-state index contributed by atoms with van der Waals surface area (Å²) in [6.45, 7) is 2.08. The van der Waals surface area contributed by atoms with Gasteiger partial charge in [-0.15, -0.1) is 0 Å². The summed E-state index contributed by atoms with van der Waals surface area (Å²) in [6.07, 6.45) is 15.3. The van der Waals surface area contributed by atoms with Crippen LogP contribution in [0, 0.1) is 0 Å². The van der Waals surface area contributed by atoms with Gasteiger partial charge in [0.15, 0.2) is 11.6 Å². The zero-order chi connectivity index (χ0) is 21.3. The van der Waals surface area contributed by atoms with Gasteiger partial charge >= 0.3 is 0 Å².